The van der Waals surface area contributed by atoms with Crippen LogP contribution in [0.2, 0.25) is 0 Å². The molecule has 0 aromatic heterocycles. The van der Waals surface area contributed by atoms with E-state index in [0.29, 0.717) is 5.56 Å². The van der Waals surface area contributed by atoms with Crippen LogP contribution in [0.3, 0.4) is 0 Å². The molecule has 0 N–H and O–H groups in total. The first-order valence-electron chi connectivity index (χ1n) is 6.83. The number of ketones is 1. The molecule has 0 aliphatic rings. The molecule has 0 bridgehead atoms. The fraction of sp³-hybridized carbons (Fsp3) is 0.222. The Kier molecular flexibility index (Phi) is 4.39. The van der Waals surface area contributed by atoms with Gasteiger partial charge in [0, 0.05) is 18.3 Å². The summed E-state index contributed by atoms with van der Waals surface area (Å²) >= 11 is 0. The number of likely N-dealkylation sites (N-methyl/N-ethyl adjacent to an activating group) is 1. The highest BCUT2D eigenvalue weighted by molar-refractivity contribution is 5.99. The van der Waals surface area contributed by atoms with Crippen molar-refractivity contribution in [3.05, 3.63) is 64.7 Å². The van der Waals surface area contributed by atoms with Gasteiger partial charge in [0.25, 0.3) is 0 Å². The van der Waals surface area contributed by atoms with Crippen LogP contribution in [-0.4, -0.2) is 19.4 Å². The number of aryl methyl sites for hydroxylation is 2. The molecule has 0 aliphatic heterocycles. The van der Waals surface area contributed by atoms with Crippen LogP contribution in [0.1, 0.15) is 27.0 Å². The quantitative estimate of drug-likeness (QED) is 0.804. The first-order valence-corrected chi connectivity index (χ1v) is 6.83. The maximum absolute atomic E-state index is 12.3. The molecule has 0 saturated carbocycles. The Bertz CT molecular complexity index is 713. The van der Waals surface area contributed by atoms with Gasteiger partial charge in [-0.2, -0.15) is 5.26 Å². The Morgan fingerprint density at radius 2 is 1.90 bits per heavy atom. The van der Waals surface area contributed by atoms with Gasteiger partial charge in [0.1, 0.15) is 0 Å². The van der Waals surface area contributed by atoms with Crippen LogP contribution in [0.5, 0.6) is 0 Å². The number of nitrogens with zero attached hydrogens (tertiary/aromatic N) is 2. The third kappa shape index (κ3) is 3.49. The van der Waals surface area contributed by atoms with Gasteiger partial charge >= 0.3 is 0 Å². The van der Waals surface area contributed by atoms with Gasteiger partial charge in [-0.25, -0.2) is 0 Å². The summed E-state index contributed by atoms with van der Waals surface area (Å²) in [5, 5.41) is 8.92. The molecule has 2 aromatic rings. The van der Waals surface area contributed by atoms with Crippen molar-refractivity contribution in [2.24, 2.45) is 0 Å². The zero-order valence-electron chi connectivity index (χ0n) is 12.6. The number of carbonyl (C=O) groups is 1. The van der Waals surface area contributed by atoms with Gasteiger partial charge in [-0.05, 0) is 49.2 Å². The standard InChI is InChI=1S/C18H18N2O/c1-13-7-8-16(9-14(13)2)18(21)12-20(3)17-6-4-5-15(10-17)11-19/h4-10H,12H2,1-3H3. The molecule has 0 atom stereocenters. The Hall–Kier alpha value is -2.60. The van der Waals surface area contributed by atoms with E-state index in [4.69, 9.17) is 5.26 Å². The zero-order valence-corrected chi connectivity index (χ0v) is 12.6. The van der Waals surface area contributed by atoms with Crippen molar-refractivity contribution in [1.29, 1.82) is 5.26 Å². The van der Waals surface area contributed by atoms with Crippen LogP contribution in [0, 0.1) is 25.2 Å². The number of Topliss-reactive ketones (excluding diaryl/α,β-unsaturated/α-hetero) is 1. The van der Waals surface area contributed by atoms with Crippen molar-refractivity contribution in [3.63, 3.8) is 0 Å². The lowest BCUT2D eigenvalue weighted by atomic mass is 10.0. The zero-order chi connectivity index (χ0) is 15.4. The van der Waals surface area contributed by atoms with Crippen molar-refractivity contribution in [2.45, 2.75) is 13.8 Å². The number of hydrogen-bond donors (Lipinski definition) is 0. The summed E-state index contributed by atoms with van der Waals surface area (Å²) in [7, 11) is 1.86. The SMILES string of the molecule is Cc1ccc(C(=O)CN(C)c2cccc(C#N)c2)cc1C. The van der Waals surface area contributed by atoms with Gasteiger partial charge in [-0.3, -0.25) is 4.79 Å². The van der Waals surface area contributed by atoms with E-state index in [9.17, 15) is 4.79 Å². The van der Waals surface area contributed by atoms with Crippen molar-refractivity contribution < 1.29 is 4.79 Å². The van der Waals surface area contributed by atoms with Crippen molar-refractivity contribution in [2.75, 3.05) is 18.5 Å². The average Bonchev–Trinajstić information content (AvgIpc) is 2.49. The van der Waals surface area contributed by atoms with E-state index in [0.717, 1.165) is 16.8 Å². The third-order valence-electron chi connectivity index (χ3n) is 3.63. The van der Waals surface area contributed by atoms with E-state index in [-0.39, 0.29) is 12.3 Å². The second-order valence-corrected chi connectivity index (χ2v) is 5.24. The summed E-state index contributed by atoms with van der Waals surface area (Å²) in [6.45, 7) is 4.33. The normalized spacial score (nSPS) is 10.0. The van der Waals surface area contributed by atoms with Gasteiger partial charge in [-0.15, -0.1) is 0 Å². The molecule has 0 aliphatic carbocycles. The Balaban J connectivity index is 2.14. The predicted octanol–water partition coefficient (Wildman–Crippen LogP) is 3.49. The fourth-order valence-corrected chi connectivity index (χ4v) is 2.13. The summed E-state index contributed by atoms with van der Waals surface area (Å²) in [6, 6.07) is 15.1. The van der Waals surface area contributed by atoms with Crippen molar-refractivity contribution >= 4 is 11.5 Å². The molecule has 2 aromatic carbocycles. The van der Waals surface area contributed by atoms with E-state index < -0.39 is 0 Å². The first-order chi connectivity index (χ1) is 10.0. The monoisotopic (exact) mass is 278 g/mol. The first kappa shape index (κ1) is 14.8. The largest absolute Gasteiger partial charge is 0.367 e. The Morgan fingerprint density at radius 3 is 2.57 bits per heavy atom. The second kappa shape index (κ2) is 6.23. The summed E-state index contributed by atoms with van der Waals surface area (Å²) in [5.41, 5.74) is 4.49. The fourth-order valence-electron chi connectivity index (χ4n) is 2.13. The number of rotatable bonds is 4. The average molecular weight is 278 g/mol. The summed E-state index contributed by atoms with van der Waals surface area (Å²) in [5.74, 6) is 0.0722. The molecule has 0 amide bonds. The number of benzene rings is 2. The molecule has 21 heavy (non-hydrogen) atoms. The minimum atomic E-state index is 0.0722. The topological polar surface area (TPSA) is 44.1 Å². The molecule has 0 unspecified atom stereocenters. The molecule has 0 radical (unpaired) electrons. The number of anilines is 1. The molecule has 0 saturated heterocycles. The number of nitriles is 1. The van der Waals surface area contributed by atoms with Crippen LogP contribution in [-0.2, 0) is 0 Å². The molecular weight excluding hydrogens is 260 g/mol. The Labute approximate surface area is 125 Å². The van der Waals surface area contributed by atoms with Gasteiger partial charge in [-0.1, -0.05) is 18.2 Å². The van der Waals surface area contributed by atoms with Crippen LogP contribution < -0.4 is 4.90 Å². The highest BCUT2D eigenvalue weighted by Gasteiger charge is 2.11. The van der Waals surface area contributed by atoms with E-state index >= 15 is 0 Å². The van der Waals surface area contributed by atoms with Gasteiger partial charge in [0.15, 0.2) is 5.78 Å². The molecule has 2 rings (SSSR count). The third-order valence-corrected chi connectivity index (χ3v) is 3.63. The van der Waals surface area contributed by atoms with Crippen molar-refractivity contribution in [3.8, 4) is 6.07 Å². The van der Waals surface area contributed by atoms with Crippen LogP contribution >= 0.6 is 0 Å². The molecule has 3 heteroatoms. The minimum Gasteiger partial charge on any atom is -0.367 e. The van der Waals surface area contributed by atoms with Crippen LogP contribution in [0.4, 0.5) is 5.69 Å². The van der Waals surface area contributed by atoms with Crippen LogP contribution in [0.25, 0.3) is 0 Å². The Morgan fingerprint density at radius 1 is 1.14 bits per heavy atom. The van der Waals surface area contributed by atoms with Crippen molar-refractivity contribution in [1.82, 2.24) is 0 Å². The van der Waals surface area contributed by atoms with E-state index in [1.54, 1.807) is 12.1 Å². The summed E-state index contributed by atoms with van der Waals surface area (Å²) in [6.07, 6.45) is 0. The summed E-state index contributed by atoms with van der Waals surface area (Å²) in [4.78, 5) is 14.2. The predicted molar refractivity (Wildman–Crippen MR) is 84.7 cm³/mol. The number of carbonyl (C=O) groups excluding carboxylic acids is 1. The van der Waals surface area contributed by atoms with E-state index in [2.05, 4.69) is 6.07 Å². The summed E-state index contributed by atoms with van der Waals surface area (Å²) < 4.78 is 0. The maximum atomic E-state index is 12.3. The molecule has 0 heterocycles. The maximum Gasteiger partial charge on any atom is 0.182 e. The highest BCUT2D eigenvalue weighted by atomic mass is 16.1. The number of hydrogen-bond acceptors (Lipinski definition) is 3. The molecule has 0 spiro atoms. The van der Waals surface area contributed by atoms with E-state index in [1.807, 2.05) is 56.1 Å². The minimum absolute atomic E-state index is 0.0722. The van der Waals surface area contributed by atoms with Gasteiger partial charge < -0.3 is 4.90 Å². The van der Waals surface area contributed by atoms with Gasteiger partial charge in [0.2, 0.25) is 0 Å². The lowest BCUT2D eigenvalue weighted by Crippen LogP contribution is -2.25. The lowest BCUT2D eigenvalue weighted by Gasteiger charge is -2.18. The second-order valence-electron chi connectivity index (χ2n) is 5.24. The molecular formula is C18H18N2O. The smallest absolute Gasteiger partial charge is 0.182 e. The highest BCUT2D eigenvalue weighted by Crippen LogP contribution is 2.16. The molecule has 106 valence electrons. The van der Waals surface area contributed by atoms with Crippen LogP contribution in [0.15, 0.2) is 42.5 Å². The van der Waals surface area contributed by atoms with Gasteiger partial charge in [0.05, 0.1) is 18.2 Å². The lowest BCUT2D eigenvalue weighted by molar-refractivity contribution is 0.100. The molecule has 0 fully saturated rings. The van der Waals surface area contributed by atoms with E-state index in [1.165, 1.54) is 5.56 Å². The molecule has 3 nitrogen and oxygen atoms in total.